The van der Waals surface area contributed by atoms with E-state index in [0.717, 1.165) is 19.4 Å². The van der Waals surface area contributed by atoms with Gasteiger partial charge in [-0.15, -0.1) is 0 Å². The van der Waals surface area contributed by atoms with Crippen molar-refractivity contribution in [2.75, 3.05) is 6.54 Å². The van der Waals surface area contributed by atoms with Gasteiger partial charge in [0.25, 0.3) is 0 Å². The van der Waals surface area contributed by atoms with Crippen molar-refractivity contribution in [3.8, 4) is 11.6 Å². The summed E-state index contributed by atoms with van der Waals surface area (Å²) in [6, 6.07) is 0.495. The fraction of sp³-hybridized carbons (Fsp3) is 0.600. The Hall–Kier alpha value is -1.76. The van der Waals surface area contributed by atoms with E-state index in [-0.39, 0.29) is 0 Å². The minimum absolute atomic E-state index is 0.343. The molecule has 7 nitrogen and oxygen atoms in total. The average molecular weight is 234 g/mol. The van der Waals surface area contributed by atoms with Gasteiger partial charge in [0.05, 0.1) is 0 Å². The van der Waals surface area contributed by atoms with Crippen LogP contribution in [0.3, 0.4) is 0 Å². The molecule has 0 aliphatic carbocycles. The van der Waals surface area contributed by atoms with Crippen LogP contribution in [0.15, 0.2) is 10.9 Å². The minimum atomic E-state index is 0.343. The maximum Gasteiger partial charge on any atom is 0.239 e. The fourth-order valence-corrected chi connectivity index (χ4v) is 2.17. The molecule has 0 bridgehead atoms. The van der Waals surface area contributed by atoms with Crippen molar-refractivity contribution in [2.45, 2.75) is 31.7 Å². The second kappa shape index (κ2) is 4.25. The first-order valence-electron chi connectivity index (χ1n) is 5.75. The number of rotatable bonds is 2. The van der Waals surface area contributed by atoms with E-state index < -0.39 is 0 Å². The lowest BCUT2D eigenvalue weighted by atomic mass is 9.93. The van der Waals surface area contributed by atoms with Gasteiger partial charge < -0.3 is 9.84 Å². The van der Waals surface area contributed by atoms with E-state index in [2.05, 4.69) is 37.6 Å². The Morgan fingerprint density at radius 3 is 3.18 bits per heavy atom. The van der Waals surface area contributed by atoms with Crippen LogP contribution in [0.4, 0.5) is 0 Å². The first-order valence-corrected chi connectivity index (χ1v) is 5.75. The Morgan fingerprint density at radius 2 is 2.41 bits per heavy atom. The molecule has 0 radical (unpaired) electrons. The lowest BCUT2D eigenvalue weighted by Gasteiger charge is -2.25. The Bertz CT molecular complexity index is 479. The summed E-state index contributed by atoms with van der Waals surface area (Å²) in [6.45, 7) is 3.16. The average Bonchev–Trinajstić information content (AvgIpc) is 3.00. The van der Waals surface area contributed by atoms with Crippen LogP contribution >= 0.6 is 0 Å². The quantitative estimate of drug-likeness (QED) is 0.795. The molecule has 2 unspecified atom stereocenters. The number of aromatic nitrogens is 5. The molecule has 1 aliphatic rings. The minimum Gasteiger partial charge on any atom is -0.339 e. The van der Waals surface area contributed by atoms with Gasteiger partial charge in [0, 0.05) is 12.0 Å². The van der Waals surface area contributed by atoms with Gasteiger partial charge in [0.1, 0.15) is 6.33 Å². The van der Waals surface area contributed by atoms with E-state index in [4.69, 9.17) is 4.52 Å². The van der Waals surface area contributed by atoms with Gasteiger partial charge in [0.15, 0.2) is 5.82 Å². The van der Waals surface area contributed by atoms with Crippen molar-refractivity contribution in [1.29, 1.82) is 0 Å². The Balaban J connectivity index is 1.80. The molecule has 1 aliphatic heterocycles. The molecule has 17 heavy (non-hydrogen) atoms. The molecule has 1 saturated heterocycles. The number of H-pyrrole nitrogens is 1. The van der Waals surface area contributed by atoms with Crippen LogP contribution in [0, 0.1) is 0 Å². The first kappa shape index (κ1) is 10.4. The molecule has 1 fully saturated rings. The predicted molar refractivity (Wildman–Crippen MR) is 59.1 cm³/mol. The van der Waals surface area contributed by atoms with Gasteiger partial charge in [-0.2, -0.15) is 10.1 Å². The van der Waals surface area contributed by atoms with Gasteiger partial charge in [-0.1, -0.05) is 5.16 Å². The highest BCUT2D eigenvalue weighted by atomic mass is 16.5. The van der Waals surface area contributed by atoms with Crippen molar-refractivity contribution >= 4 is 0 Å². The summed E-state index contributed by atoms with van der Waals surface area (Å²) in [5.74, 6) is 2.06. The molecule has 90 valence electrons. The molecule has 0 amide bonds. The highest BCUT2D eigenvalue weighted by Crippen LogP contribution is 2.27. The molecule has 0 saturated carbocycles. The maximum absolute atomic E-state index is 5.30. The molecule has 0 spiro atoms. The van der Waals surface area contributed by atoms with Crippen molar-refractivity contribution in [3.63, 3.8) is 0 Å². The Kier molecular flexibility index (Phi) is 2.60. The van der Waals surface area contributed by atoms with Crippen molar-refractivity contribution in [1.82, 2.24) is 30.6 Å². The van der Waals surface area contributed by atoms with Crippen molar-refractivity contribution in [2.24, 2.45) is 0 Å². The van der Waals surface area contributed by atoms with Crippen LogP contribution in [0.1, 0.15) is 31.6 Å². The summed E-state index contributed by atoms with van der Waals surface area (Å²) in [5.41, 5.74) is 0. The van der Waals surface area contributed by atoms with Crippen molar-refractivity contribution in [3.05, 3.63) is 12.2 Å². The summed E-state index contributed by atoms with van der Waals surface area (Å²) in [5, 5.41) is 13.8. The molecule has 2 aromatic heterocycles. The number of nitrogens with zero attached hydrogens (tertiary/aromatic N) is 4. The molecule has 3 rings (SSSR count). The van der Waals surface area contributed by atoms with Crippen LogP contribution in [-0.4, -0.2) is 37.9 Å². The number of aromatic amines is 1. The van der Waals surface area contributed by atoms with E-state index in [9.17, 15) is 0 Å². The molecule has 3 heterocycles. The monoisotopic (exact) mass is 234 g/mol. The molecule has 2 aromatic rings. The third-order valence-electron chi connectivity index (χ3n) is 3.04. The zero-order chi connectivity index (χ0) is 11.7. The van der Waals surface area contributed by atoms with Gasteiger partial charge in [-0.3, -0.25) is 5.10 Å². The number of piperidine rings is 1. The van der Waals surface area contributed by atoms with Gasteiger partial charge in [0.2, 0.25) is 11.7 Å². The summed E-state index contributed by atoms with van der Waals surface area (Å²) >= 11 is 0. The lowest BCUT2D eigenvalue weighted by molar-refractivity contribution is 0.295. The first-order chi connectivity index (χ1) is 8.33. The highest BCUT2D eigenvalue weighted by molar-refractivity contribution is 5.39. The van der Waals surface area contributed by atoms with E-state index in [1.807, 2.05) is 0 Å². The zero-order valence-electron chi connectivity index (χ0n) is 9.55. The van der Waals surface area contributed by atoms with Crippen LogP contribution in [-0.2, 0) is 0 Å². The smallest absolute Gasteiger partial charge is 0.239 e. The molecular weight excluding hydrogens is 220 g/mol. The van der Waals surface area contributed by atoms with E-state index >= 15 is 0 Å². The van der Waals surface area contributed by atoms with Crippen LogP contribution in [0.25, 0.3) is 11.6 Å². The van der Waals surface area contributed by atoms with Gasteiger partial charge in [-0.05, 0) is 26.3 Å². The lowest BCUT2D eigenvalue weighted by Crippen LogP contribution is -2.34. The number of hydrogen-bond donors (Lipinski definition) is 2. The van der Waals surface area contributed by atoms with Crippen LogP contribution < -0.4 is 5.32 Å². The summed E-state index contributed by atoms with van der Waals surface area (Å²) in [6.07, 6.45) is 3.48. The predicted octanol–water partition coefficient (Wildman–Crippen LogP) is 0.710. The van der Waals surface area contributed by atoms with Crippen LogP contribution in [0.2, 0.25) is 0 Å². The largest absolute Gasteiger partial charge is 0.339 e. The number of nitrogens with one attached hydrogen (secondary N) is 2. The van der Waals surface area contributed by atoms with Gasteiger partial charge in [-0.25, -0.2) is 4.98 Å². The summed E-state index contributed by atoms with van der Waals surface area (Å²) in [7, 11) is 0. The highest BCUT2D eigenvalue weighted by Gasteiger charge is 2.25. The standard InChI is InChI=1S/C10H14N6O/c1-6-4-7(2-3-11-6)10-14-9(16-17-10)8-12-5-13-15-8/h5-7,11H,2-4H2,1H3,(H,12,13,15). The molecule has 2 N–H and O–H groups in total. The second-order valence-electron chi connectivity index (χ2n) is 4.37. The van der Waals surface area contributed by atoms with E-state index in [0.29, 0.717) is 29.5 Å². The fourth-order valence-electron chi connectivity index (χ4n) is 2.17. The zero-order valence-corrected chi connectivity index (χ0v) is 9.55. The van der Waals surface area contributed by atoms with Crippen LogP contribution in [0.5, 0.6) is 0 Å². The topological polar surface area (TPSA) is 92.5 Å². The Morgan fingerprint density at radius 1 is 1.47 bits per heavy atom. The summed E-state index contributed by atoms with van der Waals surface area (Å²) in [4.78, 5) is 8.37. The van der Waals surface area contributed by atoms with Crippen molar-refractivity contribution < 1.29 is 4.52 Å². The molecule has 2 atom stereocenters. The van der Waals surface area contributed by atoms with E-state index in [1.54, 1.807) is 0 Å². The number of hydrogen-bond acceptors (Lipinski definition) is 6. The third kappa shape index (κ3) is 2.05. The normalized spacial score (nSPS) is 25.0. The molecule has 7 heteroatoms. The molecule has 0 aromatic carbocycles. The molecular formula is C10H14N6O. The van der Waals surface area contributed by atoms with E-state index in [1.165, 1.54) is 6.33 Å². The summed E-state index contributed by atoms with van der Waals surface area (Å²) < 4.78 is 5.30. The Labute approximate surface area is 98.0 Å². The third-order valence-corrected chi connectivity index (χ3v) is 3.04. The van der Waals surface area contributed by atoms with Gasteiger partial charge >= 0.3 is 0 Å². The maximum atomic E-state index is 5.30. The SMILES string of the molecule is CC1CC(c2nc(-c3ncn[nH]3)no2)CCN1. The second-order valence-corrected chi connectivity index (χ2v) is 4.37.